The maximum absolute atomic E-state index is 12.6. The predicted octanol–water partition coefficient (Wildman–Crippen LogP) is 4.12. The number of rotatable bonds is 7. The molecule has 0 atom stereocenters. The summed E-state index contributed by atoms with van der Waals surface area (Å²) < 4.78 is 16.0. The number of amides is 1. The van der Waals surface area contributed by atoms with Gasteiger partial charge in [0.05, 0.1) is 33.2 Å². The lowest BCUT2D eigenvalue weighted by Crippen LogP contribution is -2.18. The Labute approximate surface area is 196 Å². The van der Waals surface area contributed by atoms with E-state index < -0.39 is 5.91 Å². The molecule has 34 heavy (non-hydrogen) atoms. The molecule has 0 bridgehead atoms. The van der Waals surface area contributed by atoms with Gasteiger partial charge in [-0.3, -0.25) is 9.89 Å². The number of nitrogens with zero attached hydrogens (tertiary/aromatic N) is 2. The van der Waals surface area contributed by atoms with E-state index in [4.69, 9.17) is 14.2 Å². The van der Waals surface area contributed by atoms with E-state index in [9.17, 15) is 4.79 Å². The number of nitrogens with one attached hydrogen (secondary N) is 2. The van der Waals surface area contributed by atoms with Crippen molar-refractivity contribution in [2.24, 2.45) is 5.10 Å². The molecule has 8 heteroatoms. The highest BCUT2D eigenvalue weighted by atomic mass is 16.5. The summed E-state index contributed by atoms with van der Waals surface area (Å²) in [6, 6.07) is 15.8. The van der Waals surface area contributed by atoms with Crippen LogP contribution in [0.25, 0.3) is 22.0 Å². The smallest absolute Gasteiger partial charge is 0.289 e. The number of methoxy groups -OCH3 is 3. The number of carbonyl (C=O) groups excluding carboxylic acids is 1. The third kappa shape index (κ3) is 3.73. The second-order valence-electron chi connectivity index (χ2n) is 7.94. The van der Waals surface area contributed by atoms with Crippen molar-refractivity contribution < 1.29 is 19.0 Å². The van der Waals surface area contributed by atoms with Crippen LogP contribution < -0.4 is 19.6 Å². The fraction of sp³-hybridized carbons (Fsp3) is 0.192. The molecular formula is C26H24N4O4. The van der Waals surface area contributed by atoms with Crippen LogP contribution in [0.2, 0.25) is 0 Å². The van der Waals surface area contributed by atoms with Crippen molar-refractivity contribution in [2.75, 3.05) is 21.3 Å². The van der Waals surface area contributed by atoms with Crippen molar-refractivity contribution >= 4 is 22.9 Å². The number of aryl methyl sites for hydroxylation is 2. The van der Waals surface area contributed by atoms with Crippen LogP contribution >= 0.6 is 0 Å². The Morgan fingerprint density at radius 2 is 1.74 bits per heavy atom. The molecule has 1 heterocycles. The molecule has 0 unspecified atom stereocenters. The van der Waals surface area contributed by atoms with Gasteiger partial charge in [0, 0.05) is 11.1 Å². The van der Waals surface area contributed by atoms with Crippen molar-refractivity contribution in [3.63, 3.8) is 0 Å². The van der Waals surface area contributed by atoms with Crippen molar-refractivity contribution in [1.29, 1.82) is 0 Å². The van der Waals surface area contributed by atoms with E-state index >= 15 is 0 Å². The first-order chi connectivity index (χ1) is 16.6. The maximum atomic E-state index is 12.6. The minimum atomic E-state index is -0.395. The van der Waals surface area contributed by atoms with Gasteiger partial charge in [-0.25, -0.2) is 5.43 Å². The summed E-state index contributed by atoms with van der Waals surface area (Å²) in [4.78, 5) is 12.6. The highest BCUT2D eigenvalue weighted by Crippen LogP contribution is 2.38. The third-order valence-electron chi connectivity index (χ3n) is 6.04. The molecule has 1 aliphatic carbocycles. The van der Waals surface area contributed by atoms with Crippen LogP contribution in [0.5, 0.6) is 17.2 Å². The molecule has 1 aromatic heterocycles. The average Bonchev–Trinajstić information content (AvgIpc) is 3.52. The molecule has 4 aromatic rings. The first-order valence-electron chi connectivity index (χ1n) is 10.9. The SMILES string of the molecule is COc1cc(/C=N/NC(=O)c2cc(-c3ccc4c5c(cccc35)CC4)n[nH]2)cc(OC)c1OC. The number of carbonyl (C=O) groups is 1. The van der Waals surface area contributed by atoms with Gasteiger partial charge in [-0.2, -0.15) is 10.2 Å². The largest absolute Gasteiger partial charge is 0.493 e. The van der Waals surface area contributed by atoms with E-state index in [-0.39, 0.29) is 0 Å². The number of H-pyrrole nitrogens is 1. The minimum absolute atomic E-state index is 0.320. The Kier molecular flexibility index (Phi) is 5.63. The molecule has 8 nitrogen and oxygen atoms in total. The molecule has 3 aromatic carbocycles. The van der Waals surface area contributed by atoms with E-state index in [1.165, 1.54) is 44.1 Å². The lowest BCUT2D eigenvalue weighted by molar-refractivity contribution is 0.0950. The highest BCUT2D eigenvalue weighted by Gasteiger charge is 2.18. The zero-order valence-corrected chi connectivity index (χ0v) is 19.1. The molecule has 0 saturated carbocycles. The van der Waals surface area contributed by atoms with Crippen molar-refractivity contribution in [2.45, 2.75) is 12.8 Å². The number of hydrogen-bond acceptors (Lipinski definition) is 6. The van der Waals surface area contributed by atoms with E-state index in [1.807, 2.05) is 0 Å². The Morgan fingerprint density at radius 1 is 1.00 bits per heavy atom. The highest BCUT2D eigenvalue weighted by molar-refractivity contribution is 6.02. The first kappa shape index (κ1) is 21.5. The van der Waals surface area contributed by atoms with Gasteiger partial charge in [0.2, 0.25) is 5.75 Å². The van der Waals surface area contributed by atoms with E-state index in [1.54, 1.807) is 18.2 Å². The number of aromatic nitrogens is 2. The second kappa shape index (κ2) is 8.90. The summed E-state index contributed by atoms with van der Waals surface area (Å²) in [6.07, 6.45) is 3.63. The summed E-state index contributed by atoms with van der Waals surface area (Å²) in [5, 5.41) is 13.7. The quantitative estimate of drug-likeness (QED) is 0.322. The fourth-order valence-corrected chi connectivity index (χ4v) is 4.45. The molecule has 0 radical (unpaired) electrons. The monoisotopic (exact) mass is 456 g/mol. The molecule has 1 aliphatic rings. The van der Waals surface area contributed by atoms with Gasteiger partial charge in [0.1, 0.15) is 5.69 Å². The molecule has 172 valence electrons. The number of ether oxygens (including phenoxy) is 3. The van der Waals surface area contributed by atoms with Crippen LogP contribution in [0.1, 0.15) is 27.2 Å². The third-order valence-corrected chi connectivity index (χ3v) is 6.04. The van der Waals surface area contributed by atoms with Gasteiger partial charge >= 0.3 is 0 Å². The number of hydrogen-bond donors (Lipinski definition) is 2. The van der Waals surface area contributed by atoms with Crippen LogP contribution in [0.4, 0.5) is 0 Å². The standard InChI is InChI=1S/C26H24N4O4/c1-32-22-11-15(12-23(33-2)25(22)34-3)14-27-30-26(31)21-13-20(28-29-21)18-10-9-17-8-7-16-5-4-6-19(18)24(16)17/h4-6,9-14H,7-8H2,1-3H3,(H,28,29)(H,30,31)/b27-14+. The van der Waals surface area contributed by atoms with Crippen molar-refractivity contribution in [3.8, 4) is 28.5 Å². The van der Waals surface area contributed by atoms with Gasteiger partial charge in [-0.15, -0.1) is 0 Å². The molecule has 0 saturated heterocycles. The molecule has 5 rings (SSSR count). The number of benzene rings is 3. The summed E-state index contributed by atoms with van der Waals surface area (Å²) in [7, 11) is 4.62. The first-order valence-corrected chi connectivity index (χ1v) is 10.9. The van der Waals surface area contributed by atoms with Crippen LogP contribution in [-0.4, -0.2) is 43.6 Å². The van der Waals surface area contributed by atoms with E-state index in [0.29, 0.717) is 34.2 Å². The normalized spacial score (nSPS) is 12.3. The molecular weight excluding hydrogens is 432 g/mol. The lowest BCUT2D eigenvalue weighted by Gasteiger charge is -2.12. The topological polar surface area (TPSA) is 97.8 Å². The summed E-state index contributed by atoms with van der Waals surface area (Å²) in [5.41, 5.74) is 7.97. The van der Waals surface area contributed by atoms with Crippen LogP contribution in [-0.2, 0) is 12.8 Å². The Bertz CT molecular complexity index is 1390. The lowest BCUT2D eigenvalue weighted by atomic mass is 9.98. The number of aromatic amines is 1. The molecule has 1 amide bonds. The minimum Gasteiger partial charge on any atom is -0.493 e. The molecule has 2 N–H and O–H groups in total. The van der Waals surface area contributed by atoms with Crippen LogP contribution in [0, 0.1) is 0 Å². The summed E-state index contributed by atoms with van der Waals surface area (Å²) >= 11 is 0. The van der Waals surface area contributed by atoms with Gasteiger partial charge in [0.15, 0.2) is 11.5 Å². The van der Waals surface area contributed by atoms with Crippen molar-refractivity contribution in [3.05, 3.63) is 70.9 Å². The van der Waals surface area contributed by atoms with Gasteiger partial charge < -0.3 is 14.2 Å². The maximum Gasteiger partial charge on any atom is 0.289 e. The van der Waals surface area contributed by atoms with Crippen LogP contribution in [0.15, 0.2) is 53.6 Å². The Balaban J connectivity index is 1.35. The zero-order valence-electron chi connectivity index (χ0n) is 19.1. The summed E-state index contributed by atoms with van der Waals surface area (Å²) in [6.45, 7) is 0. The number of hydrazone groups is 1. The van der Waals surface area contributed by atoms with Crippen LogP contribution in [0.3, 0.4) is 0 Å². The fourth-order valence-electron chi connectivity index (χ4n) is 4.45. The van der Waals surface area contributed by atoms with Crippen molar-refractivity contribution in [1.82, 2.24) is 15.6 Å². The average molecular weight is 457 g/mol. The van der Waals surface area contributed by atoms with E-state index in [2.05, 4.69) is 51.1 Å². The predicted molar refractivity (Wildman–Crippen MR) is 130 cm³/mol. The molecule has 0 fully saturated rings. The summed E-state index contributed by atoms with van der Waals surface area (Å²) in [5.74, 6) is 1.09. The zero-order chi connectivity index (χ0) is 23.7. The van der Waals surface area contributed by atoms with Gasteiger partial charge in [-0.05, 0) is 52.9 Å². The molecule has 0 spiro atoms. The van der Waals surface area contributed by atoms with Gasteiger partial charge in [0.25, 0.3) is 5.91 Å². The van der Waals surface area contributed by atoms with Gasteiger partial charge in [-0.1, -0.05) is 30.3 Å². The Morgan fingerprint density at radius 3 is 2.44 bits per heavy atom. The second-order valence-corrected chi connectivity index (χ2v) is 7.94. The van der Waals surface area contributed by atoms with E-state index in [0.717, 1.165) is 23.8 Å². The molecule has 0 aliphatic heterocycles. The Hall–Kier alpha value is -4.33.